The summed E-state index contributed by atoms with van der Waals surface area (Å²) in [5.41, 5.74) is 3.81. The average molecular weight is 490 g/mol. The Morgan fingerprint density at radius 3 is 2.63 bits per heavy atom. The van der Waals surface area contributed by atoms with Crippen molar-refractivity contribution in [3.8, 4) is 11.5 Å². The van der Waals surface area contributed by atoms with E-state index < -0.39 is 0 Å². The molecule has 1 aliphatic heterocycles. The number of anilines is 1. The van der Waals surface area contributed by atoms with Crippen LogP contribution in [0.3, 0.4) is 0 Å². The van der Waals surface area contributed by atoms with E-state index in [1.54, 1.807) is 7.11 Å². The van der Waals surface area contributed by atoms with Crippen LogP contribution in [0.1, 0.15) is 30.1 Å². The van der Waals surface area contributed by atoms with E-state index in [9.17, 15) is 4.79 Å². The first-order chi connectivity index (χ1) is 17.1. The lowest BCUT2D eigenvalue weighted by Gasteiger charge is -2.20. The molecule has 0 N–H and O–H groups in total. The number of carbonyl (C=O) groups excluding carboxylic acids is 1. The standard InChI is InChI=1S/C28H28ClN3O3/c1-19-21(29)9-7-12-23(19)32-18-20(17-27(32)33)28-30-22-10-3-4-11-24(22)31(28)15-8-16-35-26-14-6-5-13-25(26)34-2/h3-7,9-14,20H,8,15-18H2,1-2H3/t20-/m1/s1. The van der Waals surface area contributed by atoms with E-state index in [4.69, 9.17) is 26.1 Å². The lowest BCUT2D eigenvalue weighted by Crippen LogP contribution is -2.25. The number of imidazole rings is 1. The number of methoxy groups -OCH3 is 1. The number of benzene rings is 3. The van der Waals surface area contributed by atoms with Gasteiger partial charge in [-0.15, -0.1) is 0 Å². The Morgan fingerprint density at radius 2 is 1.80 bits per heavy atom. The highest BCUT2D eigenvalue weighted by Gasteiger charge is 2.35. The summed E-state index contributed by atoms with van der Waals surface area (Å²) in [6.07, 6.45) is 1.22. The van der Waals surface area contributed by atoms with Gasteiger partial charge in [0.05, 0.1) is 24.8 Å². The second kappa shape index (κ2) is 10.0. The molecular formula is C28H28ClN3O3. The van der Waals surface area contributed by atoms with Crippen molar-refractivity contribution in [2.45, 2.75) is 32.2 Å². The number of hydrogen-bond donors (Lipinski definition) is 0. The van der Waals surface area contributed by atoms with Crippen LogP contribution >= 0.6 is 11.6 Å². The Balaban J connectivity index is 1.36. The summed E-state index contributed by atoms with van der Waals surface area (Å²) in [5.74, 6) is 2.50. The molecule has 0 aliphatic carbocycles. The molecule has 5 rings (SSSR count). The van der Waals surface area contributed by atoms with Crippen molar-refractivity contribution in [1.82, 2.24) is 9.55 Å². The molecule has 1 fully saturated rings. The molecule has 0 unspecified atom stereocenters. The summed E-state index contributed by atoms with van der Waals surface area (Å²) in [5, 5.41) is 0.668. The van der Waals surface area contributed by atoms with Crippen LogP contribution < -0.4 is 14.4 Å². The molecule has 3 aromatic carbocycles. The van der Waals surface area contributed by atoms with Crippen LogP contribution in [0.15, 0.2) is 66.7 Å². The maximum absolute atomic E-state index is 13.0. The largest absolute Gasteiger partial charge is 0.493 e. The van der Waals surface area contributed by atoms with Gasteiger partial charge in [0.15, 0.2) is 11.5 Å². The molecule has 1 amide bonds. The number of aromatic nitrogens is 2. The Morgan fingerprint density at radius 1 is 1.03 bits per heavy atom. The van der Waals surface area contributed by atoms with E-state index in [1.165, 1.54) is 0 Å². The third kappa shape index (κ3) is 4.58. The van der Waals surface area contributed by atoms with Crippen LogP contribution in [0.25, 0.3) is 11.0 Å². The summed E-state index contributed by atoms with van der Waals surface area (Å²) < 4.78 is 13.6. The van der Waals surface area contributed by atoms with Crippen molar-refractivity contribution in [3.05, 3.63) is 83.1 Å². The van der Waals surface area contributed by atoms with E-state index in [2.05, 4.69) is 10.6 Å². The van der Waals surface area contributed by atoms with Crippen LogP contribution in [-0.4, -0.2) is 35.7 Å². The number of amides is 1. The first kappa shape index (κ1) is 23.2. The third-order valence-electron chi connectivity index (χ3n) is 6.56. The van der Waals surface area contributed by atoms with Crippen LogP contribution in [0.4, 0.5) is 5.69 Å². The van der Waals surface area contributed by atoms with Crippen molar-refractivity contribution in [2.24, 2.45) is 0 Å². The molecule has 0 saturated carbocycles. The second-order valence-corrected chi connectivity index (χ2v) is 9.16. The number of halogens is 1. The van der Waals surface area contributed by atoms with Crippen LogP contribution in [-0.2, 0) is 11.3 Å². The van der Waals surface area contributed by atoms with Gasteiger partial charge >= 0.3 is 0 Å². The topological polar surface area (TPSA) is 56.6 Å². The van der Waals surface area contributed by atoms with Gasteiger partial charge in [-0.1, -0.05) is 41.9 Å². The molecule has 1 saturated heterocycles. The van der Waals surface area contributed by atoms with Gasteiger partial charge in [-0.3, -0.25) is 4.79 Å². The quantitative estimate of drug-likeness (QED) is 0.285. The minimum absolute atomic E-state index is 0.00316. The lowest BCUT2D eigenvalue weighted by molar-refractivity contribution is -0.117. The Hall–Kier alpha value is -3.51. The van der Waals surface area contributed by atoms with E-state index in [1.807, 2.05) is 72.5 Å². The fourth-order valence-electron chi connectivity index (χ4n) is 4.79. The predicted molar refractivity (Wildman–Crippen MR) is 139 cm³/mol. The highest BCUT2D eigenvalue weighted by molar-refractivity contribution is 6.31. The molecule has 2 heterocycles. The minimum atomic E-state index is 0.00316. The van der Waals surface area contributed by atoms with Crippen molar-refractivity contribution in [1.29, 1.82) is 0 Å². The van der Waals surface area contributed by atoms with Crippen molar-refractivity contribution >= 4 is 34.2 Å². The summed E-state index contributed by atoms with van der Waals surface area (Å²) >= 11 is 6.33. The molecule has 0 spiro atoms. The van der Waals surface area contributed by atoms with Crippen LogP contribution in [0.2, 0.25) is 5.02 Å². The van der Waals surface area contributed by atoms with Gasteiger partial charge in [-0.05, 0) is 55.3 Å². The molecule has 6 nitrogen and oxygen atoms in total. The van der Waals surface area contributed by atoms with Gasteiger partial charge in [0.25, 0.3) is 0 Å². The molecule has 0 radical (unpaired) electrons. The molecule has 0 bridgehead atoms. The molecular weight excluding hydrogens is 462 g/mol. The number of rotatable bonds is 8. The summed E-state index contributed by atoms with van der Waals surface area (Å²) in [6, 6.07) is 21.5. The minimum Gasteiger partial charge on any atom is -0.493 e. The maximum atomic E-state index is 13.0. The van der Waals surface area contributed by atoms with Gasteiger partial charge in [0, 0.05) is 36.1 Å². The number of nitrogens with zero attached hydrogens (tertiary/aromatic N) is 3. The molecule has 180 valence electrons. The van der Waals surface area contributed by atoms with Crippen molar-refractivity contribution in [2.75, 3.05) is 25.2 Å². The normalized spacial score (nSPS) is 15.7. The Labute approximate surface area is 210 Å². The van der Waals surface area contributed by atoms with E-state index in [0.29, 0.717) is 24.6 Å². The Bertz CT molecular complexity index is 1370. The summed E-state index contributed by atoms with van der Waals surface area (Å²) in [6.45, 7) is 3.83. The number of hydrogen-bond acceptors (Lipinski definition) is 4. The smallest absolute Gasteiger partial charge is 0.227 e. The zero-order valence-electron chi connectivity index (χ0n) is 19.9. The van der Waals surface area contributed by atoms with Crippen LogP contribution in [0.5, 0.6) is 11.5 Å². The fourth-order valence-corrected chi connectivity index (χ4v) is 4.96. The molecule has 1 aromatic heterocycles. The summed E-state index contributed by atoms with van der Waals surface area (Å²) in [7, 11) is 1.64. The number of aryl methyl sites for hydroxylation is 1. The van der Waals surface area contributed by atoms with E-state index in [0.717, 1.165) is 52.6 Å². The highest BCUT2D eigenvalue weighted by Crippen LogP contribution is 2.36. The zero-order chi connectivity index (χ0) is 24.4. The van der Waals surface area contributed by atoms with E-state index in [-0.39, 0.29) is 11.8 Å². The number of ether oxygens (including phenoxy) is 2. The molecule has 1 atom stereocenters. The SMILES string of the molecule is COc1ccccc1OCCCn1c([C@@H]2CC(=O)N(c3cccc(Cl)c3C)C2)nc2ccccc21. The molecule has 4 aromatic rings. The van der Waals surface area contributed by atoms with Gasteiger partial charge in [-0.25, -0.2) is 4.98 Å². The average Bonchev–Trinajstić information content (AvgIpc) is 3.44. The van der Waals surface area contributed by atoms with Gasteiger partial charge in [0.1, 0.15) is 5.82 Å². The first-order valence-corrected chi connectivity index (χ1v) is 12.2. The second-order valence-electron chi connectivity index (χ2n) is 8.75. The third-order valence-corrected chi connectivity index (χ3v) is 6.97. The Kier molecular flexibility index (Phi) is 6.64. The van der Waals surface area contributed by atoms with Gasteiger partial charge in [-0.2, -0.15) is 0 Å². The van der Waals surface area contributed by atoms with Crippen LogP contribution in [0, 0.1) is 6.92 Å². The first-order valence-electron chi connectivity index (χ1n) is 11.8. The van der Waals surface area contributed by atoms with Gasteiger partial charge < -0.3 is 18.9 Å². The highest BCUT2D eigenvalue weighted by atomic mass is 35.5. The number of fused-ring (bicyclic) bond motifs is 1. The summed E-state index contributed by atoms with van der Waals surface area (Å²) in [4.78, 5) is 19.8. The fraction of sp³-hybridized carbons (Fsp3) is 0.286. The van der Waals surface area contributed by atoms with E-state index >= 15 is 0 Å². The zero-order valence-corrected chi connectivity index (χ0v) is 20.7. The molecule has 35 heavy (non-hydrogen) atoms. The lowest BCUT2D eigenvalue weighted by atomic mass is 10.1. The number of carbonyl (C=O) groups is 1. The monoisotopic (exact) mass is 489 g/mol. The molecule has 7 heteroatoms. The van der Waals surface area contributed by atoms with Gasteiger partial charge in [0.2, 0.25) is 5.91 Å². The predicted octanol–water partition coefficient (Wildman–Crippen LogP) is 6.00. The van der Waals surface area contributed by atoms with Crippen molar-refractivity contribution in [3.63, 3.8) is 0 Å². The number of para-hydroxylation sites is 4. The maximum Gasteiger partial charge on any atom is 0.227 e. The van der Waals surface area contributed by atoms with Crippen molar-refractivity contribution < 1.29 is 14.3 Å². The molecule has 1 aliphatic rings.